The van der Waals surface area contributed by atoms with Gasteiger partial charge in [-0.25, -0.2) is 4.99 Å². The van der Waals surface area contributed by atoms with Crippen LogP contribution in [0.2, 0.25) is 5.02 Å². The number of halogens is 1. The van der Waals surface area contributed by atoms with Crippen molar-refractivity contribution in [3.05, 3.63) is 40.9 Å². The number of aromatic nitrogens is 3. The van der Waals surface area contributed by atoms with E-state index in [-0.39, 0.29) is 0 Å². The average Bonchev–Trinajstić information content (AvgIpc) is 2.99. The lowest BCUT2D eigenvalue weighted by molar-refractivity contribution is 0.281. The molecule has 1 aromatic carbocycles. The molecule has 0 unspecified atom stereocenters. The fourth-order valence-corrected chi connectivity index (χ4v) is 3.04. The summed E-state index contributed by atoms with van der Waals surface area (Å²) in [5.74, 6) is 4.43. The summed E-state index contributed by atoms with van der Waals surface area (Å²) in [5, 5.41) is 12.4. The summed E-state index contributed by atoms with van der Waals surface area (Å²) < 4.78 is 7.75. The summed E-state index contributed by atoms with van der Waals surface area (Å²) in [6.07, 6.45) is 3.20. The molecular weight excluding hydrogens is 396 g/mol. The van der Waals surface area contributed by atoms with Gasteiger partial charge in [-0.1, -0.05) is 17.7 Å². The summed E-state index contributed by atoms with van der Waals surface area (Å²) in [7, 11) is 3.96. The van der Waals surface area contributed by atoms with Gasteiger partial charge in [-0.3, -0.25) is 0 Å². The van der Waals surface area contributed by atoms with E-state index >= 15 is 0 Å². The van der Waals surface area contributed by atoms with E-state index in [1.54, 1.807) is 0 Å². The second-order valence-electron chi connectivity index (χ2n) is 6.36. The summed E-state index contributed by atoms with van der Waals surface area (Å²) in [6, 6.07) is 7.42. The van der Waals surface area contributed by atoms with Crippen molar-refractivity contribution in [2.75, 3.05) is 38.8 Å². The molecule has 0 spiro atoms. The van der Waals surface area contributed by atoms with Crippen LogP contribution >= 0.6 is 23.4 Å². The second-order valence-corrected chi connectivity index (χ2v) is 7.78. The van der Waals surface area contributed by atoms with Crippen LogP contribution in [0.3, 0.4) is 0 Å². The van der Waals surface area contributed by atoms with E-state index in [1.165, 1.54) is 0 Å². The average molecular weight is 425 g/mol. The summed E-state index contributed by atoms with van der Waals surface area (Å²) >= 11 is 7.84. The zero-order chi connectivity index (χ0) is 20.4. The Hall–Kier alpha value is -1.93. The van der Waals surface area contributed by atoms with Gasteiger partial charge in [0.05, 0.1) is 6.54 Å². The van der Waals surface area contributed by atoms with E-state index in [0.29, 0.717) is 24.7 Å². The second kappa shape index (κ2) is 11.8. The third-order valence-corrected chi connectivity index (χ3v) is 5.15. The van der Waals surface area contributed by atoms with Crippen LogP contribution in [0, 0.1) is 6.92 Å². The monoisotopic (exact) mass is 424 g/mol. The predicted octanol–water partition coefficient (Wildman–Crippen LogP) is 2.99. The fraction of sp³-hybridized carbons (Fsp3) is 0.526. The van der Waals surface area contributed by atoms with Crippen LogP contribution in [0.25, 0.3) is 0 Å². The minimum Gasteiger partial charge on any atom is -0.492 e. The summed E-state index contributed by atoms with van der Waals surface area (Å²) in [5.41, 5.74) is 0. The highest BCUT2D eigenvalue weighted by Crippen LogP contribution is 2.16. The van der Waals surface area contributed by atoms with E-state index < -0.39 is 0 Å². The molecule has 0 radical (unpaired) electrons. The van der Waals surface area contributed by atoms with Crippen molar-refractivity contribution in [2.45, 2.75) is 19.9 Å². The number of benzene rings is 1. The van der Waals surface area contributed by atoms with E-state index in [2.05, 4.69) is 26.7 Å². The maximum atomic E-state index is 6.00. The maximum absolute atomic E-state index is 6.00. The van der Waals surface area contributed by atoms with Gasteiger partial charge in [-0.05, 0) is 43.6 Å². The minimum absolute atomic E-state index is 0.474. The number of nitrogens with one attached hydrogen (secondary N) is 1. The van der Waals surface area contributed by atoms with Gasteiger partial charge in [-0.2, -0.15) is 11.8 Å². The van der Waals surface area contributed by atoms with Crippen molar-refractivity contribution < 1.29 is 4.74 Å². The van der Waals surface area contributed by atoms with Gasteiger partial charge >= 0.3 is 0 Å². The highest BCUT2D eigenvalue weighted by atomic mass is 35.5. The Morgan fingerprint density at radius 3 is 2.89 bits per heavy atom. The number of nitrogens with zero attached hydrogens (tertiary/aromatic N) is 5. The SMILES string of the molecule is CSCCCNC(=NCc1nnc(C)n1C)N(C)CCOc1cccc(Cl)c1. The first-order valence-corrected chi connectivity index (χ1v) is 11.0. The van der Waals surface area contributed by atoms with Crippen molar-refractivity contribution in [3.63, 3.8) is 0 Å². The number of aliphatic imine (C=N–C) groups is 1. The Morgan fingerprint density at radius 1 is 1.39 bits per heavy atom. The lowest BCUT2D eigenvalue weighted by Gasteiger charge is -2.22. The van der Waals surface area contributed by atoms with Crippen molar-refractivity contribution in [1.29, 1.82) is 0 Å². The van der Waals surface area contributed by atoms with Crippen LogP contribution in [-0.4, -0.2) is 64.4 Å². The molecule has 1 heterocycles. The van der Waals surface area contributed by atoms with Gasteiger partial charge < -0.3 is 19.5 Å². The fourth-order valence-electron chi connectivity index (χ4n) is 2.43. The van der Waals surface area contributed by atoms with Gasteiger partial charge in [0.2, 0.25) is 0 Å². The topological polar surface area (TPSA) is 67.6 Å². The molecule has 0 fully saturated rings. The van der Waals surface area contributed by atoms with E-state index in [4.69, 9.17) is 21.3 Å². The molecule has 1 aromatic heterocycles. The molecule has 0 aliphatic heterocycles. The molecule has 1 N–H and O–H groups in total. The number of hydrogen-bond donors (Lipinski definition) is 1. The molecule has 9 heteroatoms. The molecule has 0 bridgehead atoms. The molecule has 0 amide bonds. The molecule has 0 saturated heterocycles. The predicted molar refractivity (Wildman–Crippen MR) is 117 cm³/mol. The smallest absolute Gasteiger partial charge is 0.194 e. The Bertz CT molecular complexity index is 767. The number of hydrogen-bond acceptors (Lipinski definition) is 5. The molecule has 2 rings (SSSR count). The third kappa shape index (κ3) is 7.24. The lowest BCUT2D eigenvalue weighted by Crippen LogP contribution is -2.41. The van der Waals surface area contributed by atoms with Crippen LogP contribution in [-0.2, 0) is 13.6 Å². The van der Waals surface area contributed by atoms with E-state index in [0.717, 1.165) is 42.1 Å². The van der Waals surface area contributed by atoms with E-state index in [1.807, 2.05) is 61.6 Å². The van der Waals surface area contributed by atoms with Gasteiger partial charge in [-0.15, -0.1) is 10.2 Å². The van der Waals surface area contributed by atoms with Crippen molar-refractivity contribution >= 4 is 29.3 Å². The molecule has 0 saturated carbocycles. The minimum atomic E-state index is 0.474. The third-order valence-electron chi connectivity index (χ3n) is 4.21. The number of guanidine groups is 1. The van der Waals surface area contributed by atoms with Crippen molar-refractivity contribution in [2.24, 2.45) is 12.0 Å². The molecular formula is C19H29ClN6OS. The number of aryl methyl sites for hydroxylation is 1. The Kier molecular flexibility index (Phi) is 9.43. The molecule has 28 heavy (non-hydrogen) atoms. The van der Waals surface area contributed by atoms with Gasteiger partial charge in [0.25, 0.3) is 0 Å². The van der Waals surface area contributed by atoms with Crippen molar-refractivity contribution in [3.8, 4) is 5.75 Å². The van der Waals surface area contributed by atoms with Gasteiger partial charge in [0.1, 0.15) is 24.7 Å². The number of rotatable bonds is 10. The Balaban J connectivity index is 1.93. The largest absolute Gasteiger partial charge is 0.492 e. The van der Waals surface area contributed by atoms with Crippen LogP contribution in [0.5, 0.6) is 5.75 Å². The molecule has 0 aliphatic rings. The standard InChI is InChI=1S/C19H29ClN6OS/c1-15-23-24-18(26(15)3)14-22-19(21-9-6-12-28-4)25(2)10-11-27-17-8-5-7-16(20)13-17/h5,7-8,13H,6,9-12,14H2,1-4H3,(H,21,22). The van der Waals surface area contributed by atoms with Gasteiger partial charge in [0.15, 0.2) is 11.8 Å². The first kappa shape index (κ1) is 22.4. The van der Waals surface area contributed by atoms with Crippen LogP contribution < -0.4 is 10.1 Å². The first-order valence-electron chi connectivity index (χ1n) is 9.23. The number of thioether (sulfide) groups is 1. The normalized spacial score (nSPS) is 11.5. The molecule has 7 nitrogen and oxygen atoms in total. The van der Waals surface area contributed by atoms with Gasteiger partial charge in [0, 0.05) is 25.7 Å². The molecule has 2 aromatic rings. The number of likely N-dealkylation sites (N-methyl/N-ethyl adjacent to an activating group) is 1. The first-order chi connectivity index (χ1) is 13.5. The lowest BCUT2D eigenvalue weighted by atomic mass is 10.3. The highest BCUT2D eigenvalue weighted by molar-refractivity contribution is 7.98. The summed E-state index contributed by atoms with van der Waals surface area (Å²) in [4.78, 5) is 6.79. The van der Waals surface area contributed by atoms with Crippen LogP contribution in [0.1, 0.15) is 18.1 Å². The van der Waals surface area contributed by atoms with Crippen molar-refractivity contribution in [1.82, 2.24) is 25.0 Å². The zero-order valence-electron chi connectivity index (χ0n) is 17.0. The highest BCUT2D eigenvalue weighted by Gasteiger charge is 2.09. The Labute approximate surface area is 176 Å². The quantitative estimate of drug-likeness (QED) is 0.359. The number of ether oxygens (including phenoxy) is 1. The van der Waals surface area contributed by atoms with Crippen LogP contribution in [0.15, 0.2) is 29.3 Å². The molecule has 0 aliphatic carbocycles. The summed E-state index contributed by atoms with van der Waals surface area (Å²) in [6.45, 7) is 4.50. The van der Waals surface area contributed by atoms with E-state index in [9.17, 15) is 0 Å². The Morgan fingerprint density at radius 2 is 2.21 bits per heavy atom. The maximum Gasteiger partial charge on any atom is 0.194 e. The van der Waals surface area contributed by atoms with Crippen LogP contribution in [0.4, 0.5) is 0 Å². The molecule has 154 valence electrons. The molecule has 0 atom stereocenters. The zero-order valence-corrected chi connectivity index (χ0v) is 18.6.